The molecule has 0 aliphatic heterocycles. The monoisotopic (exact) mass is 142 g/mol. The zero-order valence-corrected chi connectivity index (χ0v) is 6.61. The van der Waals surface area contributed by atoms with Crippen LogP contribution in [-0.4, -0.2) is 5.75 Å². The minimum absolute atomic E-state index is 1.00. The van der Waals surface area contributed by atoms with Crippen LogP contribution in [0.5, 0.6) is 0 Å². The molecule has 0 amide bonds. The normalized spacial score (nSPS) is 10.3. The Labute approximate surface area is 63.1 Å². The van der Waals surface area contributed by atoms with Crippen molar-refractivity contribution in [2.24, 2.45) is 0 Å². The van der Waals surface area contributed by atoms with E-state index in [4.69, 9.17) is 0 Å². The van der Waals surface area contributed by atoms with Gasteiger partial charge in [-0.05, 0) is 25.0 Å². The number of unbranched alkanes of at least 4 members (excludes halogenated alkanes) is 2. The lowest BCUT2D eigenvalue weighted by molar-refractivity contribution is 0.825. The quantitative estimate of drug-likeness (QED) is 0.340. The molecule has 0 N–H and O–H groups in total. The van der Waals surface area contributed by atoms with Gasteiger partial charge >= 0.3 is 0 Å². The summed E-state index contributed by atoms with van der Waals surface area (Å²) in [7, 11) is 0. The van der Waals surface area contributed by atoms with Crippen LogP contribution in [0.25, 0.3) is 0 Å². The third kappa shape index (κ3) is 7.83. The van der Waals surface area contributed by atoms with Gasteiger partial charge in [0.25, 0.3) is 0 Å². The molecule has 9 heavy (non-hydrogen) atoms. The Hall–Kier alpha value is -0.170. The van der Waals surface area contributed by atoms with E-state index in [0.717, 1.165) is 12.2 Å². The standard InChI is InChI=1S/C8H14S/c1-2-3-4-5-6-7-8-9/h2-4,9H,1,5-8H2. The molecule has 0 fully saturated rings. The molecule has 0 nitrogen and oxygen atoms in total. The summed E-state index contributed by atoms with van der Waals surface area (Å²) in [6.07, 6.45) is 9.54. The number of hydrogen-bond acceptors (Lipinski definition) is 1. The predicted molar refractivity (Wildman–Crippen MR) is 47.0 cm³/mol. The van der Waals surface area contributed by atoms with Crippen molar-refractivity contribution in [1.29, 1.82) is 0 Å². The first-order chi connectivity index (χ1) is 4.41. The first-order valence-corrected chi connectivity index (χ1v) is 3.93. The van der Waals surface area contributed by atoms with Crippen molar-refractivity contribution in [2.45, 2.75) is 19.3 Å². The van der Waals surface area contributed by atoms with Crippen molar-refractivity contribution in [3.63, 3.8) is 0 Å². The first-order valence-electron chi connectivity index (χ1n) is 3.30. The minimum Gasteiger partial charge on any atom is -0.179 e. The lowest BCUT2D eigenvalue weighted by Gasteiger charge is -1.88. The Balaban J connectivity index is 2.90. The van der Waals surface area contributed by atoms with Crippen LogP contribution in [0.15, 0.2) is 24.8 Å². The molecule has 0 saturated carbocycles. The lowest BCUT2D eigenvalue weighted by Crippen LogP contribution is -1.73. The largest absolute Gasteiger partial charge is 0.179 e. The molecule has 0 radical (unpaired) electrons. The minimum atomic E-state index is 1.00. The van der Waals surface area contributed by atoms with Gasteiger partial charge in [0.05, 0.1) is 0 Å². The second-order valence-electron chi connectivity index (χ2n) is 1.88. The van der Waals surface area contributed by atoms with Gasteiger partial charge < -0.3 is 0 Å². The van der Waals surface area contributed by atoms with Crippen LogP contribution in [0.1, 0.15) is 19.3 Å². The summed E-state index contributed by atoms with van der Waals surface area (Å²) < 4.78 is 0. The van der Waals surface area contributed by atoms with Gasteiger partial charge in [0.2, 0.25) is 0 Å². The summed E-state index contributed by atoms with van der Waals surface area (Å²) in [6.45, 7) is 3.58. The van der Waals surface area contributed by atoms with Crippen LogP contribution >= 0.6 is 12.6 Å². The van der Waals surface area contributed by atoms with E-state index < -0.39 is 0 Å². The number of rotatable bonds is 5. The number of allylic oxidation sites excluding steroid dienone is 3. The maximum absolute atomic E-state index is 4.10. The maximum atomic E-state index is 4.10. The van der Waals surface area contributed by atoms with Crippen LogP contribution in [-0.2, 0) is 0 Å². The molecule has 0 aromatic rings. The summed E-state index contributed by atoms with van der Waals surface area (Å²) in [6, 6.07) is 0. The molecule has 0 heterocycles. The van der Waals surface area contributed by atoms with Gasteiger partial charge in [0.1, 0.15) is 0 Å². The average Bonchev–Trinajstić information content (AvgIpc) is 1.89. The van der Waals surface area contributed by atoms with Crippen LogP contribution in [0.2, 0.25) is 0 Å². The smallest absolute Gasteiger partial charge is 0.00978 e. The van der Waals surface area contributed by atoms with Crippen molar-refractivity contribution in [3.05, 3.63) is 24.8 Å². The molecular weight excluding hydrogens is 128 g/mol. The molecule has 0 bridgehead atoms. The second kappa shape index (κ2) is 7.83. The Kier molecular flexibility index (Phi) is 7.68. The van der Waals surface area contributed by atoms with E-state index in [1.807, 2.05) is 6.08 Å². The molecule has 0 saturated heterocycles. The highest BCUT2D eigenvalue weighted by molar-refractivity contribution is 7.80. The fourth-order valence-corrected chi connectivity index (χ4v) is 0.790. The molecule has 0 atom stereocenters. The van der Waals surface area contributed by atoms with E-state index in [1.165, 1.54) is 12.8 Å². The SMILES string of the molecule is C=CC=CCCCCS. The van der Waals surface area contributed by atoms with Gasteiger partial charge in [-0.3, -0.25) is 0 Å². The Bertz CT molecular complexity index is 84.6. The zero-order chi connectivity index (χ0) is 6.95. The first kappa shape index (κ1) is 8.83. The van der Waals surface area contributed by atoms with E-state index in [-0.39, 0.29) is 0 Å². The van der Waals surface area contributed by atoms with Crippen LogP contribution in [0.4, 0.5) is 0 Å². The fraction of sp³-hybridized carbons (Fsp3) is 0.500. The molecule has 0 rings (SSSR count). The molecule has 52 valence electrons. The maximum Gasteiger partial charge on any atom is -0.00978 e. The van der Waals surface area contributed by atoms with Crippen molar-refractivity contribution in [2.75, 3.05) is 5.75 Å². The molecule has 0 aliphatic rings. The number of hydrogen-bond donors (Lipinski definition) is 1. The van der Waals surface area contributed by atoms with Crippen LogP contribution < -0.4 is 0 Å². The molecule has 0 unspecified atom stereocenters. The highest BCUT2D eigenvalue weighted by Crippen LogP contribution is 1.97. The number of thiol groups is 1. The summed E-state index contributed by atoms with van der Waals surface area (Å²) in [4.78, 5) is 0. The van der Waals surface area contributed by atoms with E-state index in [1.54, 1.807) is 6.08 Å². The van der Waals surface area contributed by atoms with Crippen molar-refractivity contribution < 1.29 is 0 Å². The van der Waals surface area contributed by atoms with Crippen molar-refractivity contribution in [3.8, 4) is 0 Å². The Morgan fingerprint density at radius 1 is 1.33 bits per heavy atom. The Morgan fingerprint density at radius 3 is 2.67 bits per heavy atom. The predicted octanol–water partition coefficient (Wildman–Crippen LogP) is 2.83. The fourth-order valence-electron chi connectivity index (χ4n) is 0.566. The van der Waals surface area contributed by atoms with Gasteiger partial charge in [-0.15, -0.1) is 0 Å². The van der Waals surface area contributed by atoms with E-state index in [0.29, 0.717) is 0 Å². The highest BCUT2D eigenvalue weighted by atomic mass is 32.1. The van der Waals surface area contributed by atoms with Crippen LogP contribution in [0.3, 0.4) is 0 Å². The zero-order valence-electron chi connectivity index (χ0n) is 5.71. The van der Waals surface area contributed by atoms with Gasteiger partial charge in [-0.2, -0.15) is 12.6 Å². The van der Waals surface area contributed by atoms with Crippen molar-refractivity contribution in [1.82, 2.24) is 0 Å². The molecule has 0 aromatic carbocycles. The summed E-state index contributed by atoms with van der Waals surface area (Å²) in [5, 5.41) is 0. The third-order valence-corrected chi connectivity index (χ3v) is 1.37. The van der Waals surface area contributed by atoms with Crippen molar-refractivity contribution >= 4 is 12.6 Å². The molecule has 0 aromatic heterocycles. The molecule has 0 aliphatic carbocycles. The summed E-state index contributed by atoms with van der Waals surface area (Å²) in [5.74, 6) is 1.00. The summed E-state index contributed by atoms with van der Waals surface area (Å²) >= 11 is 4.10. The third-order valence-electron chi connectivity index (χ3n) is 1.05. The summed E-state index contributed by atoms with van der Waals surface area (Å²) in [5.41, 5.74) is 0. The van der Waals surface area contributed by atoms with Gasteiger partial charge in [-0.1, -0.05) is 24.8 Å². The topological polar surface area (TPSA) is 0 Å². The average molecular weight is 142 g/mol. The highest BCUT2D eigenvalue weighted by Gasteiger charge is 1.79. The molecule has 0 spiro atoms. The Morgan fingerprint density at radius 2 is 2.11 bits per heavy atom. The van der Waals surface area contributed by atoms with Gasteiger partial charge in [0, 0.05) is 0 Å². The lowest BCUT2D eigenvalue weighted by atomic mass is 10.2. The van der Waals surface area contributed by atoms with Gasteiger partial charge in [-0.25, -0.2) is 0 Å². The van der Waals surface area contributed by atoms with E-state index in [2.05, 4.69) is 25.3 Å². The molecule has 1 heteroatoms. The van der Waals surface area contributed by atoms with E-state index >= 15 is 0 Å². The van der Waals surface area contributed by atoms with Gasteiger partial charge in [0.15, 0.2) is 0 Å². The second-order valence-corrected chi connectivity index (χ2v) is 2.33. The van der Waals surface area contributed by atoms with E-state index in [9.17, 15) is 0 Å². The van der Waals surface area contributed by atoms with Crippen LogP contribution in [0, 0.1) is 0 Å². The molecular formula is C8H14S.